The Kier molecular flexibility index (Phi) is 10.5. The van der Waals surface area contributed by atoms with Gasteiger partial charge in [-0.05, 0) is 67.1 Å². The predicted octanol–water partition coefficient (Wildman–Crippen LogP) is 3.79. The van der Waals surface area contributed by atoms with E-state index in [4.69, 9.17) is 15.2 Å². The molecule has 0 aromatic heterocycles. The van der Waals surface area contributed by atoms with Crippen LogP contribution in [0.3, 0.4) is 0 Å². The van der Waals surface area contributed by atoms with Gasteiger partial charge < -0.3 is 30.7 Å². The number of hydrogen-bond acceptors (Lipinski definition) is 6. The van der Waals surface area contributed by atoms with Crippen LogP contribution in [-0.2, 0) is 13.0 Å². The fourth-order valence-corrected chi connectivity index (χ4v) is 4.99. The van der Waals surface area contributed by atoms with Gasteiger partial charge in [-0.2, -0.15) is 0 Å². The summed E-state index contributed by atoms with van der Waals surface area (Å²) in [6.07, 6.45) is 3.69. The van der Waals surface area contributed by atoms with Crippen molar-refractivity contribution in [3.8, 4) is 11.5 Å². The van der Waals surface area contributed by atoms with Gasteiger partial charge in [0.1, 0.15) is 11.5 Å². The molecule has 2 atom stereocenters. The van der Waals surface area contributed by atoms with Gasteiger partial charge in [-0.3, -0.25) is 9.59 Å². The number of nitrogens with one attached hydrogen (secondary N) is 2. The highest BCUT2D eigenvalue weighted by molar-refractivity contribution is 6.00. The highest BCUT2D eigenvalue weighted by atomic mass is 16.5. The molecule has 0 spiro atoms. The highest BCUT2D eigenvalue weighted by Crippen LogP contribution is 2.21. The van der Waals surface area contributed by atoms with Gasteiger partial charge in [-0.15, -0.1) is 0 Å². The van der Waals surface area contributed by atoms with Crippen molar-refractivity contribution >= 4 is 11.8 Å². The number of carbonyl (C=O) groups excluding carboxylic acids is 2. The largest absolute Gasteiger partial charge is 0.497 e. The zero-order valence-corrected chi connectivity index (χ0v) is 23.4. The molecule has 1 heterocycles. The Morgan fingerprint density at radius 1 is 0.850 bits per heavy atom. The molecule has 2 amide bonds. The molecule has 3 aromatic carbocycles. The van der Waals surface area contributed by atoms with Gasteiger partial charge in [0.25, 0.3) is 11.8 Å². The lowest BCUT2D eigenvalue weighted by atomic mass is 9.98. The number of nitrogens with zero attached hydrogens (tertiary/aromatic N) is 1. The maximum Gasteiger partial charge on any atom is 0.254 e. The molecule has 3 aromatic rings. The van der Waals surface area contributed by atoms with Crippen molar-refractivity contribution in [1.82, 2.24) is 15.5 Å². The number of hydrogen-bond donors (Lipinski definition) is 3. The summed E-state index contributed by atoms with van der Waals surface area (Å²) in [4.78, 5) is 28.6. The Bertz CT molecular complexity index is 1260. The van der Waals surface area contributed by atoms with E-state index >= 15 is 0 Å². The van der Waals surface area contributed by atoms with E-state index in [9.17, 15) is 9.59 Å². The normalized spacial score (nSPS) is 14.7. The first kappa shape index (κ1) is 29.1. The molecule has 0 aliphatic carbocycles. The maximum atomic E-state index is 13.6. The quantitative estimate of drug-likeness (QED) is 0.320. The van der Waals surface area contributed by atoms with Crippen molar-refractivity contribution in [3.63, 3.8) is 0 Å². The lowest BCUT2D eigenvalue weighted by Crippen LogP contribution is -2.53. The van der Waals surface area contributed by atoms with Gasteiger partial charge in [-0.1, -0.05) is 42.5 Å². The smallest absolute Gasteiger partial charge is 0.254 e. The second-order valence-corrected chi connectivity index (χ2v) is 10.2. The fourth-order valence-electron chi connectivity index (χ4n) is 4.99. The molecule has 212 valence electrons. The number of piperidine rings is 1. The molecule has 1 aliphatic heterocycles. The van der Waals surface area contributed by atoms with E-state index in [1.54, 1.807) is 25.3 Å². The molecule has 0 saturated carbocycles. The van der Waals surface area contributed by atoms with Gasteiger partial charge in [0, 0.05) is 49.4 Å². The van der Waals surface area contributed by atoms with Crippen molar-refractivity contribution in [2.45, 2.75) is 44.3 Å². The van der Waals surface area contributed by atoms with Gasteiger partial charge in [0.15, 0.2) is 0 Å². The summed E-state index contributed by atoms with van der Waals surface area (Å²) in [5.74, 6) is 0.897. The van der Waals surface area contributed by atoms with Crippen LogP contribution in [0.2, 0.25) is 0 Å². The van der Waals surface area contributed by atoms with Crippen LogP contribution in [0.1, 0.15) is 51.1 Å². The van der Waals surface area contributed by atoms with E-state index in [1.807, 2.05) is 59.5 Å². The minimum atomic E-state index is -0.366. The topological polar surface area (TPSA) is 106 Å². The van der Waals surface area contributed by atoms with E-state index in [1.165, 1.54) is 7.11 Å². The number of rotatable bonds is 12. The third kappa shape index (κ3) is 8.07. The summed E-state index contributed by atoms with van der Waals surface area (Å²) >= 11 is 0. The Balaban J connectivity index is 1.48. The molecule has 0 radical (unpaired) electrons. The molecule has 0 bridgehead atoms. The molecule has 1 saturated heterocycles. The first-order chi connectivity index (χ1) is 19.5. The van der Waals surface area contributed by atoms with Crippen molar-refractivity contribution in [1.29, 1.82) is 0 Å². The van der Waals surface area contributed by atoms with Gasteiger partial charge in [0.05, 0.1) is 14.2 Å². The molecular weight excluding hydrogens is 504 g/mol. The molecule has 4 rings (SSSR count). The SMILES string of the molecule is COc1cccc(CNCC(N)[C@H](Cc2ccccc2)NC(=O)c2cc(OC)cc(C(=O)N3CCCCC3)c2)c1. The number of likely N-dealkylation sites (tertiary alicyclic amines) is 1. The van der Waals surface area contributed by atoms with E-state index in [2.05, 4.69) is 10.6 Å². The summed E-state index contributed by atoms with van der Waals surface area (Å²) in [5.41, 5.74) is 9.63. The standard InChI is InChI=1S/C32H40N4O4/c1-39-27-13-9-12-24(16-27)21-34-22-29(33)30(17-23-10-5-3-6-11-23)35-31(37)25-18-26(20-28(19-25)40-2)32(38)36-14-7-4-8-15-36/h3,5-6,9-13,16,18-20,29-30,34H,4,7-8,14-15,17,21-22,33H2,1-2H3,(H,35,37)/t29?,30-/m0/s1. The maximum absolute atomic E-state index is 13.6. The number of nitrogens with two attached hydrogens (primary N) is 1. The second-order valence-electron chi connectivity index (χ2n) is 10.2. The third-order valence-electron chi connectivity index (χ3n) is 7.27. The van der Waals surface area contributed by atoms with Crippen LogP contribution in [0.15, 0.2) is 72.8 Å². The summed E-state index contributed by atoms with van der Waals surface area (Å²) in [6, 6.07) is 22.1. The number of ether oxygens (including phenoxy) is 2. The van der Waals surface area contributed by atoms with Gasteiger partial charge >= 0.3 is 0 Å². The van der Waals surface area contributed by atoms with E-state index in [-0.39, 0.29) is 23.9 Å². The lowest BCUT2D eigenvalue weighted by molar-refractivity contribution is 0.0724. The zero-order valence-electron chi connectivity index (χ0n) is 23.4. The molecule has 1 aliphatic rings. The minimum absolute atomic E-state index is 0.0769. The summed E-state index contributed by atoms with van der Waals surface area (Å²) in [5, 5.41) is 6.55. The number of amides is 2. The molecule has 8 nitrogen and oxygen atoms in total. The summed E-state index contributed by atoms with van der Waals surface area (Å²) in [6.45, 7) is 2.57. The third-order valence-corrected chi connectivity index (χ3v) is 7.27. The monoisotopic (exact) mass is 544 g/mol. The number of carbonyl (C=O) groups is 2. The first-order valence-corrected chi connectivity index (χ1v) is 13.9. The molecule has 40 heavy (non-hydrogen) atoms. The Morgan fingerprint density at radius 3 is 2.27 bits per heavy atom. The Morgan fingerprint density at radius 2 is 1.55 bits per heavy atom. The van der Waals surface area contributed by atoms with Crippen molar-refractivity contribution in [3.05, 3.63) is 95.1 Å². The van der Waals surface area contributed by atoms with Crippen molar-refractivity contribution in [2.24, 2.45) is 5.73 Å². The van der Waals surface area contributed by atoms with Gasteiger partial charge in [0.2, 0.25) is 0 Å². The Hall–Kier alpha value is -3.88. The van der Waals surface area contributed by atoms with Crippen molar-refractivity contribution in [2.75, 3.05) is 33.9 Å². The molecule has 4 N–H and O–H groups in total. The van der Waals surface area contributed by atoms with E-state index in [0.717, 1.165) is 49.2 Å². The second kappa shape index (κ2) is 14.5. The minimum Gasteiger partial charge on any atom is -0.497 e. The van der Waals surface area contributed by atoms with Crippen LogP contribution in [0.5, 0.6) is 11.5 Å². The van der Waals surface area contributed by atoms with E-state index < -0.39 is 0 Å². The fraction of sp³-hybridized carbons (Fsp3) is 0.375. The molecule has 1 unspecified atom stereocenters. The first-order valence-electron chi connectivity index (χ1n) is 13.9. The molecule has 1 fully saturated rings. The van der Waals surface area contributed by atoms with Crippen LogP contribution in [-0.4, -0.2) is 62.7 Å². The lowest BCUT2D eigenvalue weighted by Gasteiger charge is -2.27. The summed E-state index contributed by atoms with van der Waals surface area (Å²) < 4.78 is 10.8. The van der Waals surface area contributed by atoms with Crippen LogP contribution in [0, 0.1) is 0 Å². The van der Waals surface area contributed by atoms with Crippen molar-refractivity contribution < 1.29 is 19.1 Å². The van der Waals surface area contributed by atoms with Crippen LogP contribution in [0.25, 0.3) is 0 Å². The van der Waals surface area contributed by atoms with Crippen LogP contribution in [0.4, 0.5) is 0 Å². The van der Waals surface area contributed by atoms with E-state index in [0.29, 0.717) is 36.4 Å². The number of methoxy groups -OCH3 is 2. The van der Waals surface area contributed by atoms with Crippen LogP contribution < -0.4 is 25.8 Å². The molecular formula is C32H40N4O4. The average molecular weight is 545 g/mol. The van der Waals surface area contributed by atoms with Crippen LogP contribution >= 0.6 is 0 Å². The average Bonchev–Trinajstić information content (AvgIpc) is 3.01. The Labute approximate surface area is 236 Å². The number of benzene rings is 3. The van der Waals surface area contributed by atoms with Gasteiger partial charge in [-0.25, -0.2) is 0 Å². The molecule has 8 heteroatoms. The highest BCUT2D eigenvalue weighted by Gasteiger charge is 2.24. The zero-order chi connectivity index (χ0) is 28.3. The predicted molar refractivity (Wildman–Crippen MR) is 157 cm³/mol. The summed E-state index contributed by atoms with van der Waals surface area (Å²) in [7, 11) is 3.18.